The van der Waals surface area contributed by atoms with Crippen molar-refractivity contribution in [3.8, 4) is 0 Å². The quantitative estimate of drug-likeness (QED) is 0.823. The van der Waals surface area contributed by atoms with Crippen LogP contribution < -0.4 is 5.32 Å². The molecule has 19 heavy (non-hydrogen) atoms. The van der Waals surface area contributed by atoms with E-state index in [0.717, 1.165) is 24.7 Å². The Kier molecular flexibility index (Phi) is 4.29. The molecular weight excluding hydrogens is 236 g/mol. The second-order valence-electron chi connectivity index (χ2n) is 6.78. The molecule has 1 aliphatic rings. The monoisotopic (exact) mass is 264 g/mol. The van der Waals surface area contributed by atoms with E-state index in [1.807, 2.05) is 0 Å². The van der Waals surface area contributed by atoms with E-state index in [1.165, 1.54) is 12.8 Å². The topological polar surface area (TPSA) is 42.7 Å². The maximum atomic E-state index is 4.46. The minimum Gasteiger partial charge on any atom is -0.313 e. The van der Waals surface area contributed by atoms with Crippen LogP contribution in [0.5, 0.6) is 0 Å². The molecule has 0 amide bonds. The zero-order chi connectivity index (χ0) is 14.0. The fourth-order valence-electron chi connectivity index (χ4n) is 2.93. The molecule has 1 heterocycles. The highest BCUT2D eigenvalue weighted by molar-refractivity contribution is 5.05. The molecule has 1 N–H and O–H groups in total. The van der Waals surface area contributed by atoms with Gasteiger partial charge in [0, 0.05) is 18.5 Å². The van der Waals surface area contributed by atoms with Crippen molar-refractivity contribution in [3.63, 3.8) is 0 Å². The van der Waals surface area contributed by atoms with Gasteiger partial charge in [0.05, 0.1) is 0 Å². The van der Waals surface area contributed by atoms with Crippen molar-refractivity contribution in [1.82, 2.24) is 20.1 Å². The molecule has 0 bridgehead atoms. The summed E-state index contributed by atoms with van der Waals surface area (Å²) in [6.07, 6.45) is 5.18. The smallest absolute Gasteiger partial charge is 0.138 e. The molecule has 2 rings (SSSR count). The predicted octanol–water partition coefficient (Wildman–Crippen LogP) is 2.82. The van der Waals surface area contributed by atoms with E-state index in [-0.39, 0.29) is 0 Å². The van der Waals surface area contributed by atoms with Gasteiger partial charge in [-0.1, -0.05) is 20.8 Å². The van der Waals surface area contributed by atoms with Crippen LogP contribution >= 0.6 is 0 Å². The van der Waals surface area contributed by atoms with E-state index in [0.29, 0.717) is 17.5 Å². The second kappa shape index (κ2) is 5.61. The van der Waals surface area contributed by atoms with Gasteiger partial charge in [-0.2, -0.15) is 5.10 Å². The number of aromatic nitrogens is 3. The van der Waals surface area contributed by atoms with Crippen LogP contribution in [0.1, 0.15) is 59.3 Å². The first kappa shape index (κ1) is 14.5. The molecule has 1 saturated carbocycles. The molecule has 0 radical (unpaired) electrons. The number of hydrogen-bond acceptors (Lipinski definition) is 3. The van der Waals surface area contributed by atoms with Crippen LogP contribution in [0, 0.1) is 11.3 Å². The highest BCUT2D eigenvalue weighted by atomic mass is 15.3. The van der Waals surface area contributed by atoms with Gasteiger partial charge in [-0.15, -0.1) is 0 Å². The van der Waals surface area contributed by atoms with Crippen molar-refractivity contribution < 1.29 is 0 Å². The fraction of sp³-hybridized carbons (Fsp3) is 0.867. The Hall–Kier alpha value is -0.900. The molecular formula is C15H28N4. The van der Waals surface area contributed by atoms with Gasteiger partial charge in [0.2, 0.25) is 0 Å². The lowest BCUT2D eigenvalue weighted by molar-refractivity contribution is 0.384. The van der Waals surface area contributed by atoms with Gasteiger partial charge in [-0.25, -0.2) is 9.67 Å². The SMILES string of the molecule is CCCNC(Cc1ncnn1C(C)C)C1CC1(C)C. The summed E-state index contributed by atoms with van der Waals surface area (Å²) < 4.78 is 2.05. The average molecular weight is 264 g/mol. The van der Waals surface area contributed by atoms with Crippen molar-refractivity contribution in [1.29, 1.82) is 0 Å². The van der Waals surface area contributed by atoms with Crippen LogP contribution in [0.2, 0.25) is 0 Å². The summed E-state index contributed by atoms with van der Waals surface area (Å²) in [6.45, 7) is 12.4. The van der Waals surface area contributed by atoms with Crippen LogP contribution in [-0.2, 0) is 6.42 Å². The maximum Gasteiger partial charge on any atom is 0.138 e. The van der Waals surface area contributed by atoms with E-state index < -0.39 is 0 Å². The third-order valence-electron chi connectivity index (χ3n) is 4.27. The Morgan fingerprint density at radius 2 is 2.16 bits per heavy atom. The van der Waals surface area contributed by atoms with E-state index in [4.69, 9.17) is 0 Å². The summed E-state index contributed by atoms with van der Waals surface area (Å²) in [7, 11) is 0. The summed E-state index contributed by atoms with van der Waals surface area (Å²) in [5.74, 6) is 1.89. The Morgan fingerprint density at radius 1 is 1.47 bits per heavy atom. The number of nitrogens with one attached hydrogen (secondary N) is 1. The van der Waals surface area contributed by atoms with Crippen LogP contribution in [0.3, 0.4) is 0 Å². The number of nitrogens with zero attached hydrogens (tertiary/aromatic N) is 3. The van der Waals surface area contributed by atoms with E-state index in [9.17, 15) is 0 Å². The normalized spacial score (nSPS) is 22.7. The largest absolute Gasteiger partial charge is 0.313 e. The minimum atomic E-state index is 0.386. The lowest BCUT2D eigenvalue weighted by Gasteiger charge is -2.21. The Bertz CT molecular complexity index is 408. The molecule has 1 fully saturated rings. The first-order chi connectivity index (χ1) is 8.95. The summed E-state index contributed by atoms with van der Waals surface area (Å²) >= 11 is 0. The molecule has 1 aromatic rings. The third-order valence-corrected chi connectivity index (χ3v) is 4.27. The maximum absolute atomic E-state index is 4.46. The molecule has 4 heteroatoms. The standard InChI is InChI=1S/C15H28N4/c1-6-7-16-13(12-9-15(12,4)5)8-14-17-10-18-19(14)11(2)3/h10-13,16H,6-9H2,1-5H3. The van der Waals surface area contributed by atoms with Crippen LogP contribution in [0.4, 0.5) is 0 Å². The predicted molar refractivity (Wildman–Crippen MR) is 78.1 cm³/mol. The van der Waals surface area contributed by atoms with E-state index >= 15 is 0 Å². The zero-order valence-corrected chi connectivity index (χ0v) is 13.0. The Balaban J connectivity index is 2.05. The van der Waals surface area contributed by atoms with Gasteiger partial charge in [0.25, 0.3) is 0 Å². The van der Waals surface area contributed by atoms with Crippen molar-refractivity contribution >= 4 is 0 Å². The average Bonchev–Trinajstić information content (AvgIpc) is 2.76. The molecule has 0 saturated heterocycles. The zero-order valence-electron chi connectivity index (χ0n) is 13.0. The molecule has 4 nitrogen and oxygen atoms in total. The number of rotatable bonds is 7. The van der Waals surface area contributed by atoms with Gasteiger partial charge in [0.1, 0.15) is 12.2 Å². The van der Waals surface area contributed by atoms with E-state index in [2.05, 4.69) is 54.7 Å². The van der Waals surface area contributed by atoms with Gasteiger partial charge < -0.3 is 5.32 Å². The van der Waals surface area contributed by atoms with Gasteiger partial charge >= 0.3 is 0 Å². The lowest BCUT2D eigenvalue weighted by Crippen LogP contribution is -2.36. The highest BCUT2D eigenvalue weighted by Gasteiger charge is 2.50. The second-order valence-corrected chi connectivity index (χ2v) is 6.78. The minimum absolute atomic E-state index is 0.386. The third kappa shape index (κ3) is 3.35. The van der Waals surface area contributed by atoms with Crippen molar-refractivity contribution in [2.24, 2.45) is 11.3 Å². The molecule has 0 spiro atoms. The highest BCUT2D eigenvalue weighted by Crippen LogP contribution is 2.54. The van der Waals surface area contributed by atoms with Crippen molar-refractivity contribution in [2.75, 3.05) is 6.54 Å². The van der Waals surface area contributed by atoms with Gasteiger partial charge in [-0.3, -0.25) is 0 Å². The summed E-state index contributed by atoms with van der Waals surface area (Å²) in [5, 5.41) is 8.05. The summed E-state index contributed by atoms with van der Waals surface area (Å²) in [5.41, 5.74) is 0.494. The van der Waals surface area contributed by atoms with Gasteiger partial charge in [0.15, 0.2) is 0 Å². The van der Waals surface area contributed by atoms with Crippen LogP contribution in [0.15, 0.2) is 6.33 Å². The molecule has 2 atom stereocenters. The molecule has 0 aromatic carbocycles. The van der Waals surface area contributed by atoms with Gasteiger partial charge in [-0.05, 0) is 44.6 Å². The lowest BCUT2D eigenvalue weighted by atomic mass is 10.0. The Labute approximate surface area is 117 Å². The molecule has 2 unspecified atom stereocenters. The van der Waals surface area contributed by atoms with Crippen LogP contribution in [-0.4, -0.2) is 27.4 Å². The fourth-order valence-corrected chi connectivity index (χ4v) is 2.93. The van der Waals surface area contributed by atoms with Crippen molar-refractivity contribution in [3.05, 3.63) is 12.2 Å². The van der Waals surface area contributed by atoms with E-state index in [1.54, 1.807) is 6.33 Å². The molecule has 0 aliphatic heterocycles. The first-order valence-electron chi connectivity index (χ1n) is 7.57. The first-order valence-corrected chi connectivity index (χ1v) is 7.57. The number of hydrogen-bond donors (Lipinski definition) is 1. The summed E-state index contributed by atoms with van der Waals surface area (Å²) in [6, 6.07) is 0.924. The van der Waals surface area contributed by atoms with Crippen LogP contribution in [0.25, 0.3) is 0 Å². The molecule has 1 aliphatic carbocycles. The summed E-state index contributed by atoms with van der Waals surface area (Å²) in [4.78, 5) is 4.46. The molecule has 1 aromatic heterocycles. The Morgan fingerprint density at radius 3 is 2.68 bits per heavy atom. The van der Waals surface area contributed by atoms with Crippen molar-refractivity contribution in [2.45, 2.75) is 66.0 Å². The molecule has 108 valence electrons.